The fraction of sp³-hybridized carbons (Fsp3) is 0.167. The van der Waals surface area contributed by atoms with E-state index < -0.39 is 17.5 Å². The number of amides is 1. The van der Waals surface area contributed by atoms with Crippen molar-refractivity contribution in [3.63, 3.8) is 0 Å². The molecule has 7 heteroatoms. The molecule has 1 amide bonds. The van der Waals surface area contributed by atoms with Crippen LogP contribution in [0.5, 0.6) is 0 Å². The van der Waals surface area contributed by atoms with Gasteiger partial charge in [-0.05, 0) is 19.9 Å². The first-order chi connectivity index (χ1) is 8.90. The first kappa shape index (κ1) is 13.0. The van der Waals surface area contributed by atoms with Crippen LogP contribution in [-0.2, 0) is 0 Å². The van der Waals surface area contributed by atoms with E-state index in [2.05, 4.69) is 10.5 Å². The fourth-order valence-electron chi connectivity index (χ4n) is 1.46. The number of rotatable bonds is 2. The molecular weight excluding hydrogens is 256 g/mol. The van der Waals surface area contributed by atoms with Gasteiger partial charge in [-0.2, -0.15) is 0 Å². The molecule has 0 aliphatic carbocycles. The van der Waals surface area contributed by atoms with Crippen LogP contribution in [0.25, 0.3) is 0 Å². The van der Waals surface area contributed by atoms with Gasteiger partial charge in [0.15, 0.2) is 11.6 Å². The monoisotopic (exact) mass is 267 g/mol. The predicted octanol–water partition coefficient (Wildman–Crippen LogP) is 2.40. The highest BCUT2D eigenvalue weighted by molar-refractivity contribution is 6.07. The van der Waals surface area contributed by atoms with Crippen LogP contribution in [0.4, 0.5) is 20.4 Å². The Morgan fingerprint density at radius 2 is 1.95 bits per heavy atom. The van der Waals surface area contributed by atoms with Crippen molar-refractivity contribution in [2.24, 2.45) is 0 Å². The maximum Gasteiger partial charge on any atom is 0.260 e. The highest BCUT2D eigenvalue weighted by Crippen LogP contribution is 2.21. The normalized spacial score (nSPS) is 10.5. The average Bonchev–Trinajstić information content (AvgIpc) is 2.65. The van der Waals surface area contributed by atoms with Gasteiger partial charge >= 0.3 is 0 Å². The molecule has 2 rings (SSSR count). The summed E-state index contributed by atoms with van der Waals surface area (Å²) in [6.45, 7) is 3.41. The smallest absolute Gasteiger partial charge is 0.260 e. The molecule has 0 aliphatic heterocycles. The lowest BCUT2D eigenvalue weighted by Crippen LogP contribution is -2.15. The van der Waals surface area contributed by atoms with Crippen LogP contribution in [0.1, 0.15) is 21.6 Å². The summed E-state index contributed by atoms with van der Waals surface area (Å²) in [5, 5.41) is 6.06. The van der Waals surface area contributed by atoms with Crippen molar-refractivity contribution in [1.82, 2.24) is 5.16 Å². The summed E-state index contributed by atoms with van der Waals surface area (Å²) in [6, 6.07) is 1.49. The summed E-state index contributed by atoms with van der Waals surface area (Å²) >= 11 is 0. The number of carbonyl (C=O) groups excluding carboxylic acids is 1. The number of aryl methyl sites for hydroxylation is 1. The standard InChI is InChI=1S/C12H11F2N3O2/c1-5-6(2)17-19-12(5)16-11(18)7-3-8(13)9(14)4-10(7)15/h3-4H,15H2,1-2H3,(H,16,18). The Labute approximate surface area is 107 Å². The highest BCUT2D eigenvalue weighted by Gasteiger charge is 2.17. The molecule has 0 bridgehead atoms. The van der Waals surface area contributed by atoms with E-state index in [1.165, 1.54) is 0 Å². The van der Waals surface area contributed by atoms with Crippen molar-refractivity contribution >= 4 is 17.5 Å². The quantitative estimate of drug-likeness (QED) is 0.819. The third kappa shape index (κ3) is 2.40. The van der Waals surface area contributed by atoms with Crippen LogP contribution in [0, 0.1) is 25.5 Å². The van der Waals surface area contributed by atoms with Crippen LogP contribution in [-0.4, -0.2) is 11.1 Å². The summed E-state index contributed by atoms with van der Waals surface area (Å²) in [7, 11) is 0. The number of nitrogens with two attached hydrogens (primary N) is 1. The van der Waals surface area contributed by atoms with Gasteiger partial charge < -0.3 is 10.3 Å². The minimum atomic E-state index is -1.15. The van der Waals surface area contributed by atoms with Gasteiger partial charge in [0, 0.05) is 17.3 Å². The predicted molar refractivity (Wildman–Crippen MR) is 64.7 cm³/mol. The van der Waals surface area contributed by atoms with Crippen molar-refractivity contribution in [3.8, 4) is 0 Å². The molecule has 0 saturated carbocycles. The number of hydrogen-bond acceptors (Lipinski definition) is 4. The maximum absolute atomic E-state index is 13.1. The topological polar surface area (TPSA) is 81.2 Å². The van der Waals surface area contributed by atoms with E-state index in [-0.39, 0.29) is 17.1 Å². The van der Waals surface area contributed by atoms with Crippen LogP contribution in [0.2, 0.25) is 0 Å². The Bertz CT molecular complexity index is 653. The molecule has 0 radical (unpaired) electrons. The van der Waals surface area contributed by atoms with Gasteiger partial charge in [-0.1, -0.05) is 5.16 Å². The minimum absolute atomic E-state index is 0.145. The molecule has 1 aromatic heterocycles. The van der Waals surface area contributed by atoms with Gasteiger partial charge in [0.05, 0.1) is 11.3 Å². The number of hydrogen-bond donors (Lipinski definition) is 2. The molecule has 0 saturated heterocycles. The second-order valence-electron chi connectivity index (χ2n) is 4.03. The molecular formula is C12H11F2N3O2. The third-order valence-corrected chi connectivity index (χ3v) is 2.72. The first-order valence-corrected chi connectivity index (χ1v) is 5.39. The van der Waals surface area contributed by atoms with Crippen LogP contribution < -0.4 is 11.1 Å². The van der Waals surface area contributed by atoms with Crippen molar-refractivity contribution in [2.45, 2.75) is 13.8 Å². The van der Waals surface area contributed by atoms with Crippen molar-refractivity contribution in [3.05, 3.63) is 40.6 Å². The first-order valence-electron chi connectivity index (χ1n) is 5.39. The molecule has 5 nitrogen and oxygen atoms in total. The summed E-state index contributed by atoms with van der Waals surface area (Å²) in [5.41, 5.74) is 6.41. The molecule has 0 unspecified atom stereocenters. The highest BCUT2D eigenvalue weighted by atomic mass is 19.2. The third-order valence-electron chi connectivity index (χ3n) is 2.72. The van der Waals surface area contributed by atoms with Gasteiger partial charge in [-0.3, -0.25) is 10.1 Å². The number of anilines is 2. The minimum Gasteiger partial charge on any atom is -0.398 e. The molecule has 2 aromatic rings. The average molecular weight is 267 g/mol. The summed E-state index contributed by atoms with van der Waals surface area (Å²) in [5.74, 6) is -2.81. The largest absolute Gasteiger partial charge is 0.398 e. The maximum atomic E-state index is 13.1. The molecule has 0 fully saturated rings. The van der Waals surface area contributed by atoms with Crippen molar-refractivity contribution in [2.75, 3.05) is 11.1 Å². The number of halogens is 2. The zero-order chi connectivity index (χ0) is 14.2. The lowest BCUT2D eigenvalue weighted by atomic mass is 10.1. The van der Waals surface area contributed by atoms with Gasteiger partial charge in [0.25, 0.3) is 5.91 Å². The number of benzene rings is 1. The van der Waals surface area contributed by atoms with E-state index >= 15 is 0 Å². The Morgan fingerprint density at radius 1 is 1.32 bits per heavy atom. The Morgan fingerprint density at radius 3 is 2.53 bits per heavy atom. The fourth-order valence-corrected chi connectivity index (χ4v) is 1.46. The lowest BCUT2D eigenvalue weighted by Gasteiger charge is -2.06. The van der Waals surface area contributed by atoms with E-state index in [1.54, 1.807) is 13.8 Å². The molecule has 0 atom stereocenters. The number of aromatic nitrogens is 1. The van der Waals surface area contributed by atoms with Gasteiger partial charge in [-0.15, -0.1) is 0 Å². The molecule has 1 heterocycles. The number of carbonyl (C=O) groups is 1. The molecule has 1 aromatic carbocycles. The van der Waals surface area contributed by atoms with E-state index in [0.29, 0.717) is 11.3 Å². The van der Waals surface area contributed by atoms with Crippen LogP contribution in [0.15, 0.2) is 16.7 Å². The Kier molecular flexibility index (Phi) is 3.20. The second kappa shape index (κ2) is 4.68. The zero-order valence-electron chi connectivity index (χ0n) is 10.3. The van der Waals surface area contributed by atoms with Gasteiger partial charge in [0.1, 0.15) is 0 Å². The van der Waals surface area contributed by atoms with E-state index in [0.717, 1.165) is 12.1 Å². The van der Waals surface area contributed by atoms with Crippen molar-refractivity contribution < 1.29 is 18.1 Å². The van der Waals surface area contributed by atoms with Crippen molar-refractivity contribution in [1.29, 1.82) is 0 Å². The van der Waals surface area contributed by atoms with E-state index in [9.17, 15) is 13.6 Å². The summed E-state index contributed by atoms with van der Waals surface area (Å²) < 4.78 is 30.9. The summed E-state index contributed by atoms with van der Waals surface area (Å²) in [6.07, 6.45) is 0. The molecule has 0 aliphatic rings. The molecule has 19 heavy (non-hydrogen) atoms. The lowest BCUT2D eigenvalue weighted by molar-refractivity contribution is 0.102. The summed E-state index contributed by atoms with van der Waals surface area (Å²) in [4.78, 5) is 11.9. The zero-order valence-corrected chi connectivity index (χ0v) is 10.3. The number of nitrogens with zero attached hydrogens (tertiary/aromatic N) is 1. The molecule has 100 valence electrons. The SMILES string of the molecule is Cc1noc(NC(=O)c2cc(F)c(F)cc2N)c1C. The van der Waals surface area contributed by atoms with Gasteiger partial charge in [0.2, 0.25) is 5.88 Å². The Hall–Kier alpha value is -2.44. The second-order valence-corrected chi connectivity index (χ2v) is 4.03. The van der Waals surface area contributed by atoms with E-state index in [4.69, 9.17) is 10.3 Å². The van der Waals surface area contributed by atoms with E-state index in [1.807, 2.05) is 0 Å². The van der Waals surface area contributed by atoms with Crippen LogP contribution in [0.3, 0.4) is 0 Å². The number of nitrogen functional groups attached to an aromatic ring is 1. The van der Waals surface area contributed by atoms with Gasteiger partial charge in [-0.25, -0.2) is 8.78 Å². The van der Waals surface area contributed by atoms with Crippen LogP contribution >= 0.6 is 0 Å². The molecule has 0 spiro atoms. The molecule has 3 N–H and O–H groups in total. The Balaban J connectivity index is 2.30. The number of nitrogens with one attached hydrogen (secondary N) is 1.